The zero-order valence-corrected chi connectivity index (χ0v) is 20.4. The number of rotatable bonds is 6. The molecule has 0 spiro atoms. The van der Waals surface area contributed by atoms with Gasteiger partial charge in [-0.25, -0.2) is 9.97 Å². The van der Waals surface area contributed by atoms with Gasteiger partial charge in [0.05, 0.1) is 6.67 Å². The Hall–Kier alpha value is -2.37. The number of hydrogen-bond acceptors (Lipinski definition) is 6. The first-order chi connectivity index (χ1) is 15.2. The molecule has 4 atom stereocenters. The Labute approximate surface area is 193 Å². The quantitative estimate of drug-likeness (QED) is 0.500. The van der Waals surface area contributed by atoms with Gasteiger partial charge in [0, 0.05) is 19.0 Å². The monoisotopic (exact) mass is 437 g/mol. The minimum atomic E-state index is -0.238. The maximum Gasteiger partial charge on any atom is 0.159 e. The number of aromatic nitrogens is 2. The number of hydrogen-bond donors (Lipinski definition) is 1. The van der Waals surface area contributed by atoms with Crippen LogP contribution in [0, 0.1) is 22.7 Å². The number of nitrogen functional groups attached to an aromatic ring is 1. The Balaban J connectivity index is 1.47. The zero-order chi connectivity index (χ0) is 23.1. The number of carbonyl (C=O) groups excluding carboxylic acids is 1. The van der Waals surface area contributed by atoms with Crippen LogP contribution in [0.4, 0.5) is 17.3 Å². The Kier molecular flexibility index (Phi) is 6.08. The molecule has 1 fully saturated rings. The maximum atomic E-state index is 12.4. The van der Waals surface area contributed by atoms with Crippen LogP contribution < -0.4 is 15.5 Å². The van der Waals surface area contributed by atoms with Gasteiger partial charge in [-0.3, -0.25) is 0 Å². The van der Waals surface area contributed by atoms with E-state index < -0.39 is 0 Å². The summed E-state index contributed by atoms with van der Waals surface area (Å²) in [6, 6.07) is 0. The van der Waals surface area contributed by atoms with Crippen LogP contribution in [0.15, 0.2) is 29.6 Å². The molecule has 0 radical (unpaired) electrons. The lowest BCUT2D eigenvalue weighted by Gasteiger charge is -2.57. The summed E-state index contributed by atoms with van der Waals surface area (Å²) in [5.41, 5.74) is 9.74. The van der Waals surface area contributed by atoms with Crippen molar-refractivity contribution < 1.29 is 4.79 Å². The highest BCUT2D eigenvalue weighted by atomic mass is 16.1. The normalized spacial score (nSPS) is 32.4. The van der Waals surface area contributed by atoms with E-state index in [0.717, 1.165) is 63.2 Å². The fourth-order valence-electron chi connectivity index (χ4n) is 6.60. The Morgan fingerprint density at radius 1 is 1.34 bits per heavy atom. The predicted molar refractivity (Wildman–Crippen MR) is 132 cm³/mol. The molecule has 4 rings (SSSR count). The highest BCUT2D eigenvalue weighted by Crippen LogP contribution is 2.61. The Bertz CT molecular complexity index is 940. The first kappa shape index (κ1) is 22.8. The van der Waals surface area contributed by atoms with Crippen molar-refractivity contribution in [3.63, 3.8) is 0 Å². The van der Waals surface area contributed by atoms with Gasteiger partial charge in [-0.2, -0.15) is 0 Å². The molecule has 1 aliphatic heterocycles. The van der Waals surface area contributed by atoms with Crippen molar-refractivity contribution in [3.8, 4) is 0 Å². The summed E-state index contributed by atoms with van der Waals surface area (Å²) in [6.07, 6.45) is 14.0. The summed E-state index contributed by atoms with van der Waals surface area (Å²) >= 11 is 0. The van der Waals surface area contributed by atoms with Crippen molar-refractivity contribution in [2.24, 2.45) is 22.7 Å². The van der Waals surface area contributed by atoms with Gasteiger partial charge in [0.2, 0.25) is 0 Å². The summed E-state index contributed by atoms with van der Waals surface area (Å²) in [6.45, 7) is 10.9. The lowest BCUT2D eigenvalue weighted by Crippen LogP contribution is -2.51. The van der Waals surface area contributed by atoms with E-state index in [2.05, 4.69) is 59.6 Å². The third-order valence-electron chi connectivity index (χ3n) is 9.00. The van der Waals surface area contributed by atoms with Crippen molar-refractivity contribution in [1.82, 2.24) is 9.97 Å². The van der Waals surface area contributed by atoms with E-state index in [1.54, 1.807) is 0 Å². The molecule has 4 unspecified atom stereocenters. The minimum absolute atomic E-state index is 0.183. The van der Waals surface area contributed by atoms with Gasteiger partial charge in [0.1, 0.15) is 18.3 Å². The summed E-state index contributed by atoms with van der Waals surface area (Å²) in [7, 11) is 2.03. The van der Waals surface area contributed by atoms with E-state index in [9.17, 15) is 4.79 Å². The third-order valence-corrected chi connectivity index (χ3v) is 9.00. The summed E-state index contributed by atoms with van der Waals surface area (Å²) in [5.74, 6) is 2.53. The molecular weight excluding hydrogens is 398 g/mol. The van der Waals surface area contributed by atoms with Crippen molar-refractivity contribution in [2.45, 2.75) is 66.2 Å². The van der Waals surface area contributed by atoms with Gasteiger partial charge < -0.3 is 20.3 Å². The molecule has 32 heavy (non-hydrogen) atoms. The standard InChI is InChI=1S/C26H39N5O/c1-18(11-14-31-17-30(5)24-22(31)23(27)28-16-29-24)9-12-25(4)19(2)10-13-26(15-32)20(3)7-6-8-21(25)26/h7,11,15-16,19,21H,6,8-10,12-14,17H2,1-5H3,(H2,27,28,29). The molecule has 2 N–H and O–H groups in total. The number of anilines is 3. The summed E-state index contributed by atoms with van der Waals surface area (Å²) < 4.78 is 0. The molecule has 174 valence electrons. The molecule has 2 aliphatic carbocycles. The van der Waals surface area contributed by atoms with Crippen LogP contribution in [-0.2, 0) is 4.79 Å². The smallest absolute Gasteiger partial charge is 0.159 e. The average Bonchev–Trinajstić information content (AvgIpc) is 3.11. The Morgan fingerprint density at radius 3 is 2.88 bits per heavy atom. The molecule has 0 bridgehead atoms. The Morgan fingerprint density at radius 2 is 2.12 bits per heavy atom. The van der Waals surface area contributed by atoms with Crippen molar-refractivity contribution in [3.05, 3.63) is 29.6 Å². The first-order valence-electron chi connectivity index (χ1n) is 12.1. The molecule has 2 heterocycles. The molecule has 1 saturated carbocycles. The van der Waals surface area contributed by atoms with E-state index in [1.807, 2.05) is 7.05 Å². The number of fused-ring (bicyclic) bond motifs is 2. The topological polar surface area (TPSA) is 75.3 Å². The molecular formula is C26H39N5O. The second-order valence-corrected chi connectivity index (χ2v) is 10.7. The minimum Gasteiger partial charge on any atom is -0.382 e. The van der Waals surface area contributed by atoms with Crippen molar-refractivity contribution in [1.29, 1.82) is 0 Å². The predicted octanol–water partition coefficient (Wildman–Crippen LogP) is 4.98. The van der Waals surface area contributed by atoms with E-state index in [4.69, 9.17) is 5.73 Å². The lowest BCUT2D eigenvalue weighted by atomic mass is 9.46. The van der Waals surface area contributed by atoms with E-state index in [1.165, 1.54) is 23.8 Å². The number of allylic oxidation sites excluding steroid dienone is 3. The third kappa shape index (κ3) is 3.61. The average molecular weight is 438 g/mol. The lowest BCUT2D eigenvalue weighted by molar-refractivity contribution is -0.128. The zero-order valence-electron chi connectivity index (χ0n) is 20.4. The number of aldehydes is 1. The second kappa shape index (κ2) is 8.53. The van der Waals surface area contributed by atoms with E-state index in [0.29, 0.717) is 17.7 Å². The highest BCUT2D eigenvalue weighted by Gasteiger charge is 2.55. The van der Waals surface area contributed by atoms with Gasteiger partial charge in [0.25, 0.3) is 0 Å². The molecule has 6 nitrogen and oxygen atoms in total. The number of carbonyl (C=O) groups is 1. The fraction of sp³-hybridized carbons (Fsp3) is 0.654. The van der Waals surface area contributed by atoms with Crippen LogP contribution in [-0.4, -0.2) is 36.5 Å². The number of nitrogens with zero attached hydrogens (tertiary/aromatic N) is 4. The van der Waals surface area contributed by atoms with Crippen molar-refractivity contribution in [2.75, 3.05) is 35.8 Å². The molecule has 3 aliphatic rings. The van der Waals surface area contributed by atoms with Crippen LogP contribution in [0.5, 0.6) is 0 Å². The SMILES string of the molecule is CC(=CCN1CN(C)c2ncnc(N)c21)CCC1(C)C(C)CCC2(C=O)C(C)=CCCC21. The molecule has 0 amide bonds. The van der Waals surface area contributed by atoms with Gasteiger partial charge in [0.15, 0.2) is 11.6 Å². The van der Waals surface area contributed by atoms with Gasteiger partial charge >= 0.3 is 0 Å². The van der Waals surface area contributed by atoms with Crippen LogP contribution in [0.2, 0.25) is 0 Å². The highest BCUT2D eigenvalue weighted by molar-refractivity contribution is 5.81. The fourth-order valence-corrected chi connectivity index (χ4v) is 6.60. The van der Waals surface area contributed by atoms with Crippen LogP contribution in [0.25, 0.3) is 0 Å². The van der Waals surface area contributed by atoms with Gasteiger partial charge in [-0.15, -0.1) is 0 Å². The largest absolute Gasteiger partial charge is 0.382 e. The summed E-state index contributed by atoms with van der Waals surface area (Å²) in [4.78, 5) is 25.3. The number of nitrogens with two attached hydrogens (primary N) is 1. The van der Waals surface area contributed by atoms with Gasteiger partial charge in [-0.1, -0.05) is 37.1 Å². The second-order valence-electron chi connectivity index (χ2n) is 10.7. The van der Waals surface area contributed by atoms with Crippen LogP contribution in [0.1, 0.15) is 66.2 Å². The maximum absolute atomic E-state index is 12.4. The van der Waals surface area contributed by atoms with E-state index >= 15 is 0 Å². The molecule has 0 saturated heterocycles. The van der Waals surface area contributed by atoms with E-state index in [-0.39, 0.29) is 10.8 Å². The molecule has 1 aromatic heterocycles. The molecule has 1 aromatic rings. The first-order valence-corrected chi connectivity index (χ1v) is 12.1. The van der Waals surface area contributed by atoms with Gasteiger partial charge in [-0.05, 0) is 69.6 Å². The van der Waals surface area contributed by atoms with Crippen LogP contribution >= 0.6 is 0 Å². The molecule has 0 aromatic carbocycles. The summed E-state index contributed by atoms with van der Waals surface area (Å²) in [5, 5.41) is 0. The molecule has 6 heteroatoms. The van der Waals surface area contributed by atoms with Crippen molar-refractivity contribution >= 4 is 23.6 Å². The van der Waals surface area contributed by atoms with Crippen LogP contribution in [0.3, 0.4) is 0 Å².